The predicted octanol–water partition coefficient (Wildman–Crippen LogP) is 8.25. The summed E-state index contributed by atoms with van der Waals surface area (Å²) in [6.45, 7) is 0. The Morgan fingerprint density at radius 1 is 0.718 bits per heavy atom. The van der Waals surface area contributed by atoms with E-state index in [1.165, 1.54) is 11.1 Å². The van der Waals surface area contributed by atoms with Crippen LogP contribution < -0.4 is 0 Å². The van der Waals surface area contributed by atoms with Gasteiger partial charge in [0.2, 0.25) is 0 Å². The summed E-state index contributed by atoms with van der Waals surface area (Å²) in [6, 6.07) is 40.3. The number of carbonyl (C=O) groups excluding carboxylic acids is 1. The quantitative estimate of drug-likeness (QED) is 0.217. The summed E-state index contributed by atoms with van der Waals surface area (Å²) in [6.07, 6.45) is 7.10. The van der Waals surface area contributed by atoms with Crippen LogP contribution in [0.1, 0.15) is 47.4 Å². The molecule has 0 aliphatic carbocycles. The molecule has 196 valence electrons. The Morgan fingerprint density at radius 2 is 1.21 bits per heavy atom. The van der Waals surface area contributed by atoms with Crippen molar-refractivity contribution in [2.45, 2.75) is 43.6 Å². The van der Waals surface area contributed by atoms with Crippen molar-refractivity contribution in [1.82, 2.24) is 0 Å². The smallest absolute Gasteiger partial charge is 0.338 e. The number of hydrogen-bond donors (Lipinski definition) is 1. The van der Waals surface area contributed by atoms with E-state index in [-0.39, 0.29) is 5.76 Å². The third-order valence-electron chi connectivity index (χ3n) is 7.50. The fourth-order valence-electron chi connectivity index (χ4n) is 5.36. The van der Waals surface area contributed by atoms with E-state index in [0.717, 1.165) is 24.0 Å². The van der Waals surface area contributed by atoms with E-state index in [9.17, 15) is 9.90 Å². The molecule has 3 nitrogen and oxygen atoms in total. The molecule has 0 fully saturated rings. The number of aliphatic hydroxyl groups excluding tert-OH is 1. The number of aliphatic hydroxyl groups is 1. The Kier molecular flexibility index (Phi) is 8.38. The molecule has 1 aliphatic rings. The number of carbonyl (C=O) groups is 1. The average Bonchev–Trinajstić information content (AvgIpc) is 2.98. The Morgan fingerprint density at radius 3 is 1.72 bits per heavy atom. The second kappa shape index (κ2) is 12.4. The number of allylic oxidation sites excluding steroid dienone is 1. The second-order valence-corrected chi connectivity index (χ2v) is 10.2. The molecule has 0 spiro atoms. The van der Waals surface area contributed by atoms with Crippen LogP contribution in [0.5, 0.6) is 0 Å². The normalized spacial score (nSPS) is 15.7. The third kappa shape index (κ3) is 6.74. The molecule has 0 bridgehead atoms. The zero-order valence-corrected chi connectivity index (χ0v) is 22.1. The van der Waals surface area contributed by atoms with Gasteiger partial charge in [-0.1, -0.05) is 133 Å². The highest BCUT2D eigenvalue weighted by molar-refractivity contribution is 5.93. The van der Waals surface area contributed by atoms with Crippen molar-refractivity contribution in [2.24, 2.45) is 0 Å². The van der Waals surface area contributed by atoms with Gasteiger partial charge in [-0.15, -0.1) is 0 Å². The molecule has 5 rings (SSSR count). The molecule has 1 unspecified atom stereocenters. The summed E-state index contributed by atoms with van der Waals surface area (Å²) in [5.41, 5.74) is 3.89. The first-order chi connectivity index (χ1) is 19.1. The number of hydrogen-bond acceptors (Lipinski definition) is 3. The van der Waals surface area contributed by atoms with Gasteiger partial charge in [-0.2, -0.15) is 0 Å². The first-order valence-electron chi connectivity index (χ1n) is 13.6. The number of esters is 1. The number of aryl methyl sites for hydroxylation is 2. The van der Waals surface area contributed by atoms with Gasteiger partial charge in [0.05, 0.1) is 5.57 Å². The Hall–Kier alpha value is -4.37. The van der Waals surface area contributed by atoms with Crippen molar-refractivity contribution in [3.63, 3.8) is 0 Å². The average molecular weight is 515 g/mol. The topological polar surface area (TPSA) is 46.5 Å². The standard InChI is InChI=1S/C36H34O3/c37-33-27-36(25-23-29-15-7-2-8-16-29,26-24-30-17-9-3-10-18-30)39-35(38)34(33)32(31-19-11-4-12-20-31)22-21-28-13-5-1-6-14-28/h1-22,32,37H,23-27H2. The minimum absolute atomic E-state index is 0.124. The fourth-order valence-corrected chi connectivity index (χ4v) is 5.36. The van der Waals surface area contributed by atoms with Gasteiger partial charge in [0.15, 0.2) is 0 Å². The lowest BCUT2D eigenvalue weighted by atomic mass is 9.79. The molecule has 4 aromatic rings. The summed E-state index contributed by atoms with van der Waals surface area (Å²) >= 11 is 0. The number of cyclic esters (lactones) is 1. The van der Waals surface area contributed by atoms with Crippen LogP contribution in [0.4, 0.5) is 0 Å². The molecule has 0 saturated heterocycles. The fraction of sp³-hybridized carbons (Fsp3) is 0.194. The SMILES string of the molecule is O=C1OC(CCc2ccccc2)(CCc2ccccc2)CC(O)=C1C(C=Cc1ccccc1)c1ccccc1. The Balaban J connectivity index is 1.47. The molecule has 1 heterocycles. The molecule has 1 N–H and O–H groups in total. The number of benzene rings is 4. The van der Waals surface area contributed by atoms with E-state index in [1.807, 2.05) is 109 Å². The monoisotopic (exact) mass is 514 g/mol. The van der Waals surface area contributed by atoms with Crippen molar-refractivity contribution in [2.75, 3.05) is 0 Å². The predicted molar refractivity (Wildman–Crippen MR) is 157 cm³/mol. The van der Waals surface area contributed by atoms with Gasteiger partial charge in [0.25, 0.3) is 0 Å². The second-order valence-electron chi connectivity index (χ2n) is 10.2. The van der Waals surface area contributed by atoms with Crippen LogP contribution in [0.25, 0.3) is 6.08 Å². The maximum absolute atomic E-state index is 13.8. The first kappa shape index (κ1) is 26.2. The van der Waals surface area contributed by atoms with E-state index in [2.05, 4.69) is 24.3 Å². The summed E-state index contributed by atoms with van der Waals surface area (Å²) in [7, 11) is 0. The van der Waals surface area contributed by atoms with Gasteiger partial charge in [0, 0.05) is 12.3 Å². The van der Waals surface area contributed by atoms with Crippen LogP contribution in [0, 0.1) is 0 Å². The van der Waals surface area contributed by atoms with Gasteiger partial charge in [-0.25, -0.2) is 4.79 Å². The summed E-state index contributed by atoms with van der Waals surface area (Å²) < 4.78 is 6.36. The maximum atomic E-state index is 13.8. The number of rotatable bonds is 10. The van der Waals surface area contributed by atoms with Crippen LogP contribution in [-0.4, -0.2) is 16.7 Å². The molecule has 39 heavy (non-hydrogen) atoms. The highest BCUT2D eigenvalue weighted by Gasteiger charge is 2.43. The number of ether oxygens (including phenoxy) is 1. The van der Waals surface area contributed by atoms with Crippen LogP contribution in [-0.2, 0) is 22.4 Å². The summed E-state index contributed by atoms with van der Waals surface area (Å²) in [5, 5.41) is 11.5. The zero-order valence-electron chi connectivity index (χ0n) is 22.1. The lowest BCUT2D eigenvalue weighted by Crippen LogP contribution is -2.42. The lowest BCUT2D eigenvalue weighted by Gasteiger charge is -2.38. The highest BCUT2D eigenvalue weighted by atomic mass is 16.6. The van der Waals surface area contributed by atoms with Crippen LogP contribution in [0.15, 0.2) is 139 Å². The van der Waals surface area contributed by atoms with E-state index >= 15 is 0 Å². The molecule has 0 saturated carbocycles. The van der Waals surface area contributed by atoms with Gasteiger partial charge < -0.3 is 9.84 Å². The Labute approximate surface area is 231 Å². The first-order valence-corrected chi connectivity index (χ1v) is 13.6. The highest BCUT2D eigenvalue weighted by Crippen LogP contribution is 2.41. The van der Waals surface area contributed by atoms with Crippen molar-refractivity contribution in [1.29, 1.82) is 0 Å². The van der Waals surface area contributed by atoms with Crippen LogP contribution >= 0.6 is 0 Å². The van der Waals surface area contributed by atoms with Crippen molar-refractivity contribution < 1.29 is 14.6 Å². The molecule has 0 amide bonds. The van der Waals surface area contributed by atoms with E-state index in [0.29, 0.717) is 24.8 Å². The Bertz CT molecular complexity index is 1360. The van der Waals surface area contributed by atoms with Crippen LogP contribution in [0.2, 0.25) is 0 Å². The summed E-state index contributed by atoms with van der Waals surface area (Å²) in [5.74, 6) is -0.731. The van der Waals surface area contributed by atoms with Gasteiger partial charge in [-0.05, 0) is 47.9 Å². The minimum Gasteiger partial charge on any atom is -0.512 e. The molecule has 1 atom stereocenters. The largest absolute Gasteiger partial charge is 0.512 e. The van der Waals surface area contributed by atoms with Crippen molar-refractivity contribution in [3.8, 4) is 0 Å². The molecule has 4 aromatic carbocycles. The van der Waals surface area contributed by atoms with Gasteiger partial charge >= 0.3 is 5.97 Å². The van der Waals surface area contributed by atoms with E-state index in [4.69, 9.17) is 4.74 Å². The molecule has 0 radical (unpaired) electrons. The van der Waals surface area contributed by atoms with Crippen molar-refractivity contribution >= 4 is 12.0 Å². The van der Waals surface area contributed by atoms with E-state index < -0.39 is 17.5 Å². The third-order valence-corrected chi connectivity index (χ3v) is 7.50. The molecular weight excluding hydrogens is 480 g/mol. The van der Waals surface area contributed by atoms with Crippen LogP contribution in [0.3, 0.4) is 0 Å². The molecule has 3 heteroatoms. The minimum atomic E-state index is -0.777. The molecular formula is C36H34O3. The van der Waals surface area contributed by atoms with E-state index in [1.54, 1.807) is 0 Å². The van der Waals surface area contributed by atoms with Gasteiger partial charge in [-0.3, -0.25) is 0 Å². The lowest BCUT2D eigenvalue weighted by molar-refractivity contribution is -0.161. The maximum Gasteiger partial charge on any atom is 0.338 e. The van der Waals surface area contributed by atoms with Crippen molar-refractivity contribution in [3.05, 3.63) is 161 Å². The summed E-state index contributed by atoms with van der Waals surface area (Å²) in [4.78, 5) is 13.8. The molecule has 0 aromatic heterocycles. The molecule has 1 aliphatic heterocycles. The van der Waals surface area contributed by atoms with Gasteiger partial charge in [0.1, 0.15) is 11.4 Å². The zero-order chi connectivity index (χ0) is 26.9.